The molecule has 0 radical (unpaired) electrons. The highest BCUT2D eigenvalue weighted by molar-refractivity contribution is 7.97. The molecule has 19 heavy (non-hydrogen) atoms. The lowest BCUT2D eigenvalue weighted by Gasteiger charge is -2.12. The molecule has 0 aliphatic heterocycles. The van der Waals surface area contributed by atoms with Gasteiger partial charge in [-0.15, -0.1) is 0 Å². The van der Waals surface area contributed by atoms with E-state index in [0.717, 1.165) is 21.3 Å². The molecule has 5 nitrogen and oxygen atoms in total. The predicted octanol–water partition coefficient (Wildman–Crippen LogP) is 2.42. The smallest absolute Gasteiger partial charge is 0.142 e. The Balaban J connectivity index is 2.25. The first-order chi connectivity index (χ1) is 9.35. The van der Waals surface area contributed by atoms with E-state index in [9.17, 15) is 0 Å². The van der Waals surface area contributed by atoms with Crippen LogP contribution in [0.4, 0.5) is 0 Å². The summed E-state index contributed by atoms with van der Waals surface area (Å²) in [6.07, 6.45) is 0. The van der Waals surface area contributed by atoms with Crippen molar-refractivity contribution in [2.45, 2.75) is 9.79 Å². The first-order valence-electron chi connectivity index (χ1n) is 5.46. The molecule has 0 heterocycles. The van der Waals surface area contributed by atoms with Crippen LogP contribution in [0.5, 0.6) is 11.5 Å². The van der Waals surface area contributed by atoms with Crippen molar-refractivity contribution in [2.75, 3.05) is 0 Å². The summed E-state index contributed by atoms with van der Waals surface area (Å²) in [5.74, 6) is 12.1. The highest BCUT2D eigenvalue weighted by Crippen LogP contribution is 2.35. The van der Waals surface area contributed by atoms with Gasteiger partial charge in [-0.3, -0.25) is 11.7 Å². The summed E-state index contributed by atoms with van der Waals surface area (Å²) < 4.78 is 5.91. The van der Waals surface area contributed by atoms with E-state index < -0.39 is 0 Å². The largest absolute Gasteiger partial charge is 0.455 e. The van der Waals surface area contributed by atoms with Gasteiger partial charge in [0.2, 0.25) is 0 Å². The van der Waals surface area contributed by atoms with Gasteiger partial charge in [0, 0.05) is 0 Å². The quantitative estimate of drug-likeness (QED) is 0.370. The fourth-order valence-electron chi connectivity index (χ4n) is 1.48. The van der Waals surface area contributed by atoms with E-state index in [4.69, 9.17) is 16.4 Å². The van der Waals surface area contributed by atoms with Crippen molar-refractivity contribution in [3.63, 3.8) is 0 Å². The molecular weight excluding hydrogens is 280 g/mol. The van der Waals surface area contributed by atoms with Gasteiger partial charge >= 0.3 is 0 Å². The first kappa shape index (κ1) is 14.2. The summed E-state index contributed by atoms with van der Waals surface area (Å²) >= 11 is 2.59. The maximum Gasteiger partial charge on any atom is 0.142 e. The Morgan fingerprint density at radius 2 is 1.16 bits per heavy atom. The van der Waals surface area contributed by atoms with Crippen LogP contribution in [0.15, 0.2) is 58.3 Å². The summed E-state index contributed by atoms with van der Waals surface area (Å²) in [6.45, 7) is 0. The zero-order chi connectivity index (χ0) is 13.5. The molecule has 0 unspecified atom stereocenters. The van der Waals surface area contributed by atoms with E-state index in [1.165, 1.54) is 23.9 Å². The highest BCUT2D eigenvalue weighted by Gasteiger charge is 2.08. The fraction of sp³-hybridized carbons (Fsp3) is 0. The SMILES string of the molecule is NNSc1ccccc1Oc1ccccc1SNN. The zero-order valence-electron chi connectivity index (χ0n) is 10.00. The van der Waals surface area contributed by atoms with E-state index in [1.54, 1.807) is 0 Å². The van der Waals surface area contributed by atoms with Crippen LogP contribution < -0.4 is 26.1 Å². The highest BCUT2D eigenvalue weighted by atomic mass is 32.2. The Morgan fingerprint density at radius 3 is 1.58 bits per heavy atom. The van der Waals surface area contributed by atoms with Gasteiger partial charge in [-0.2, -0.15) is 9.66 Å². The average Bonchev–Trinajstić information content (AvgIpc) is 2.44. The Morgan fingerprint density at radius 1 is 0.737 bits per heavy atom. The second-order valence-corrected chi connectivity index (χ2v) is 5.19. The van der Waals surface area contributed by atoms with E-state index in [2.05, 4.69) is 9.66 Å². The van der Waals surface area contributed by atoms with E-state index in [1.807, 2.05) is 48.5 Å². The molecule has 0 atom stereocenters. The maximum atomic E-state index is 5.91. The molecule has 0 aliphatic rings. The topological polar surface area (TPSA) is 85.3 Å². The van der Waals surface area contributed by atoms with Gasteiger partial charge in [0.15, 0.2) is 0 Å². The standard InChI is InChI=1S/C12H14N4OS2/c13-15-18-11-7-3-1-5-9(11)17-10-6-2-4-8-12(10)19-16-14/h1-8,15-16H,13-14H2. The van der Waals surface area contributed by atoms with Crippen LogP contribution in [0.2, 0.25) is 0 Å². The molecule has 0 amide bonds. The number of nitrogens with two attached hydrogens (primary N) is 2. The lowest BCUT2D eigenvalue weighted by atomic mass is 10.3. The van der Waals surface area contributed by atoms with Gasteiger partial charge in [-0.1, -0.05) is 24.3 Å². The first-order valence-corrected chi connectivity index (χ1v) is 7.09. The van der Waals surface area contributed by atoms with Gasteiger partial charge in [-0.05, 0) is 48.2 Å². The number of rotatable bonds is 6. The van der Waals surface area contributed by atoms with Crippen LogP contribution in [-0.2, 0) is 0 Å². The summed E-state index contributed by atoms with van der Waals surface area (Å²) in [7, 11) is 0. The molecular formula is C12H14N4OS2. The van der Waals surface area contributed by atoms with Crippen molar-refractivity contribution >= 4 is 23.9 Å². The molecule has 0 aromatic heterocycles. The molecule has 2 aromatic carbocycles. The fourth-order valence-corrected chi connectivity index (χ4v) is 2.45. The number of hydrogen-bond donors (Lipinski definition) is 4. The molecule has 0 spiro atoms. The van der Waals surface area contributed by atoms with Gasteiger partial charge in [0.25, 0.3) is 0 Å². The third kappa shape index (κ3) is 3.87. The molecule has 2 aromatic rings. The van der Waals surface area contributed by atoms with Gasteiger partial charge in [0.05, 0.1) is 9.79 Å². The molecule has 0 fully saturated rings. The summed E-state index contributed by atoms with van der Waals surface area (Å²) in [6, 6.07) is 15.3. The summed E-state index contributed by atoms with van der Waals surface area (Å²) in [5, 5.41) is 0. The van der Waals surface area contributed by atoms with Crippen LogP contribution >= 0.6 is 23.9 Å². The van der Waals surface area contributed by atoms with E-state index in [0.29, 0.717) is 0 Å². The van der Waals surface area contributed by atoms with Gasteiger partial charge in [0.1, 0.15) is 11.5 Å². The predicted molar refractivity (Wildman–Crippen MR) is 79.3 cm³/mol. The lowest BCUT2D eigenvalue weighted by Crippen LogP contribution is -2.12. The maximum absolute atomic E-state index is 5.91. The Bertz CT molecular complexity index is 491. The number of para-hydroxylation sites is 2. The van der Waals surface area contributed by atoms with Crippen molar-refractivity contribution in [3.8, 4) is 11.5 Å². The van der Waals surface area contributed by atoms with Crippen LogP contribution in [0.3, 0.4) is 0 Å². The average molecular weight is 294 g/mol. The van der Waals surface area contributed by atoms with Crippen molar-refractivity contribution in [2.24, 2.45) is 11.7 Å². The number of hydrazine groups is 2. The lowest BCUT2D eigenvalue weighted by molar-refractivity contribution is 0.460. The number of benzene rings is 2. The third-order valence-corrected chi connectivity index (χ3v) is 3.61. The second-order valence-electron chi connectivity index (χ2n) is 3.44. The minimum Gasteiger partial charge on any atom is -0.455 e. The zero-order valence-corrected chi connectivity index (χ0v) is 11.6. The van der Waals surface area contributed by atoms with Crippen molar-refractivity contribution in [1.29, 1.82) is 0 Å². The molecule has 0 saturated carbocycles. The number of nitrogens with one attached hydrogen (secondary N) is 2. The molecule has 0 aliphatic carbocycles. The van der Waals surface area contributed by atoms with Crippen LogP contribution in [0.25, 0.3) is 0 Å². The Hall–Kier alpha value is -1.22. The van der Waals surface area contributed by atoms with Crippen molar-refractivity contribution < 1.29 is 4.74 Å². The molecule has 6 N–H and O–H groups in total. The molecule has 2 rings (SSSR count). The number of ether oxygens (including phenoxy) is 1. The van der Waals surface area contributed by atoms with E-state index in [-0.39, 0.29) is 0 Å². The summed E-state index contributed by atoms with van der Waals surface area (Å²) in [4.78, 5) is 6.91. The minimum absolute atomic E-state index is 0.732. The Labute approximate surface area is 120 Å². The minimum atomic E-state index is 0.732. The number of hydrogen-bond acceptors (Lipinski definition) is 7. The van der Waals surface area contributed by atoms with Gasteiger partial charge in [-0.25, -0.2) is 0 Å². The monoisotopic (exact) mass is 294 g/mol. The summed E-state index contributed by atoms with van der Waals surface area (Å²) in [5.41, 5.74) is 0. The van der Waals surface area contributed by atoms with Crippen LogP contribution in [0.1, 0.15) is 0 Å². The molecule has 7 heteroatoms. The van der Waals surface area contributed by atoms with E-state index >= 15 is 0 Å². The Kier molecular flexibility index (Phi) is 5.52. The molecule has 0 saturated heterocycles. The third-order valence-electron chi connectivity index (χ3n) is 2.26. The van der Waals surface area contributed by atoms with Crippen LogP contribution in [0, 0.1) is 0 Å². The van der Waals surface area contributed by atoms with Crippen LogP contribution in [-0.4, -0.2) is 0 Å². The van der Waals surface area contributed by atoms with Gasteiger partial charge < -0.3 is 4.74 Å². The molecule has 0 bridgehead atoms. The van der Waals surface area contributed by atoms with Crippen molar-refractivity contribution in [3.05, 3.63) is 48.5 Å². The second kappa shape index (κ2) is 7.39. The molecule has 100 valence electrons. The normalized spacial score (nSPS) is 10.4. The van der Waals surface area contributed by atoms with Crippen molar-refractivity contribution in [1.82, 2.24) is 9.66 Å².